The van der Waals surface area contributed by atoms with Crippen LogP contribution in [-0.2, 0) is 13.6 Å². The smallest absolute Gasteiger partial charge is 0.251 e. The highest BCUT2D eigenvalue weighted by molar-refractivity contribution is 5.95. The summed E-state index contributed by atoms with van der Waals surface area (Å²) in [5, 5.41) is 6.98. The van der Waals surface area contributed by atoms with Gasteiger partial charge in [0.15, 0.2) is 11.9 Å². The molecule has 0 unspecified atom stereocenters. The van der Waals surface area contributed by atoms with Crippen LogP contribution in [0.25, 0.3) is 16.9 Å². The molecule has 4 aromatic heterocycles. The number of carbonyl (C=O) groups is 1. The van der Waals surface area contributed by atoms with Gasteiger partial charge in [-0.25, -0.2) is 9.55 Å². The van der Waals surface area contributed by atoms with Crippen molar-refractivity contribution in [3.63, 3.8) is 0 Å². The first-order chi connectivity index (χ1) is 13.4. The number of nitrogens with one attached hydrogen (secondary N) is 1. The Hall–Kier alpha value is -3.48. The van der Waals surface area contributed by atoms with Gasteiger partial charge in [0, 0.05) is 23.4 Å². The van der Waals surface area contributed by atoms with Crippen molar-refractivity contribution in [1.82, 2.24) is 19.9 Å². The highest BCUT2D eigenvalue weighted by Gasteiger charge is 2.17. The first kappa shape index (κ1) is 17.9. The Morgan fingerprint density at radius 1 is 1.25 bits per heavy atom. The molecule has 7 nitrogen and oxygen atoms in total. The number of imidazole rings is 1. The number of hydrogen-bond acceptors (Lipinski definition) is 4. The number of aryl methyl sites for hydroxylation is 4. The fraction of sp³-hybridized carbons (Fsp3) is 0.238. The second-order valence-corrected chi connectivity index (χ2v) is 6.98. The summed E-state index contributed by atoms with van der Waals surface area (Å²) in [6, 6.07) is 7.63. The number of amides is 1. The molecule has 28 heavy (non-hydrogen) atoms. The maximum atomic E-state index is 12.6. The Morgan fingerprint density at radius 3 is 2.79 bits per heavy atom. The number of nitrogens with zero attached hydrogens (tertiary/aromatic N) is 4. The van der Waals surface area contributed by atoms with Crippen molar-refractivity contribution in [2.75, 3.05) is 0 Å². The fourth-order valence-corrected chi connectivity index (χ4v) is 3.39. The number of pyridine rings is 2. The number of aromatic nitrogens is 4. The molecule has 0 aliphatic rings. The Kier molecular flexibility index (Phi) is 4.43. The molecule has 0 atom stereocenters. The molecule has 4 rings (SSSR count). The topological polar surface area (TPSA) is 76.3 Å². The van der Waals surface area contributed by atoms with Gasteiger partial charge in [0.1, 0.15) is 25.0 Å². The van der Waals surface area contributed by atoms with E-state index < -0.39 is 0 Å². The van der Waals surface area contributed by atoms with Gasteiger partial charge in [-0.05, 0) is 39.0 Å². The zero-order chi connectivity index (χ0) is 19.8. The SMILES string of the molecule is Cc1ccc(CNC(=O)c2ccn3c(-c4c(C)noc4C)cnc3c2)[n+](C)c1. The second kappa shape index (κ2) is 6.92. The minimum atomic E-state index is -0.134. The van der Waals surface area contributed by atoms with Crippen LogP contribution in [0.15, 0.2) is 47.4 Å². The van der Waals surface area contributed by atoms with Crippen molar-refractivity contribution in [2.45, 2.75) is 27.3 Å². The van der Waals surface area contributed by atoms with Crippen molar-refractivity contribution >= 4 is 11.6 Å². The summed E-state index contributed by atoms with van der Waals surface area (Å²) in [7, 11) is 1.97. The molecule has 0 saturated carbocycles. The summed E-state index contributed by atoms with van der Waals surface area (Å²) < 4.78 is 9.21. The van der Waals surface area contributed by atoms with Crippen LogP contribution in [-0.4, -0.2) is 20.4 Å². The summed E-state index contributed by atoms with van der Waals surface area (Å²) >= 11 is 0. The van der Waals surface area contributed by atoms with Crippen molar-refractivity contribution in [3.8, 4) is 11.3 Å². The van der Waals surface area contributed by atoms with Gasteiger partial charge in [-0.15, -0.1) is 0 Å². The first-order valence-corrected chi connectivity index (χ1v) is 9.08. The third kappa shape index (κ3) is 3.15. The van der Waals surface area contributed by atoms with Crippen LogP contribution >= 0.6 is 0 Å². The van der Waals surface area contributed by atoms with Crippen LogP contribution in [0.1, 0.15) is 33.1 Å². The van der Waals surface area contributed by atoms with Crippen LogP contribution in [0.4, 0.5) is 0 Å². The van der Waals surface area contributed by atoms with E-state index in [1.807, 2.05) is 61.3 Å². The summed E-state index contributed by atoms with van der Waals surface area (Å²) in [5.41, 5.74) is 6.10. The predicted octanol–water partition coefficient (Wildman–Crippen LogP) is 2.67. The van der Waals surface area contributed by atoms with E-state index in [1.54, 1.807) is 18.3 Å². The molecule has 0 bridgehead atoms. The molecule has 4 aromatic rings. The lowest BCUT2D eigenvalue weighted by atomic mass is 10.1. The lowest BCUT2D eigenvalue weighted by molar-refractivity contribution is -0.679. The molecule has 0 fully saturated rings. The average Bonchev–Trinajstić information content (AvgIpc) is 3.22. The summed E-state index contributed by atoms with van der Waals surface area (Å²) in [4.78, 5) is 17.1. The molecule has 142 valence electrons. The van der Waals surface area contributed by atoms with Gasteiger partial charge in [-0.1, -0.05) is 5.16 Å². The van der Waals surface area contributed by atoms with Gasteiger partial charge >= 0.3 is 0 Å². The van der Waals surface area contributed by atoms with E-state index in [0.29, 0.717) is 17.8 Å². The number of fused-ring (bicyclic) bond motifs is 1. The van der Waals surface area contributed by atoms with Crippen LogP contribution in [0.5, 0.6) is 0 Å². The molecule has 1 N–H and O–H groups in total. The predicted molar refractivity (Wildman–Crippen MR) is 104 cm³/mol. The molecular formula is C21H22N5O2+. The Morgan fingerprint density at radius 2 is 2.07 bits per heavy atom. The van der Waals surface area contributed by atoms with Gasteiger partial charge in [-0.2, -0.15) is 0 Å². The van der Waals surface area contributed by atoms with Crippen molar-refractivity contribution in [1.29, 1.82) is 0 Å². The van der Waals surface area contributed by atoms with E-state index in [0.717, 1.165) is 28.4 Å². The maximum absolute atomic E-state index is 12.6. The monoisotopic (exact) mass is 376 g/mol. The van der Waals surface area contributed by atoms with Gasteiger partial charge in [0.2, 0.25) is 0 Å². The largest absolute Gasteiger partial charge is 0.361 e. The molecule has 0 radical (unpaired) electrons. The van der Waals surface area contributed by atoms with Crippen LogP contribution in [0.3, 0.4) is 0 Å². The molecule has 4 heterocycles. The zero-order valence-corrected chi connectivity index (χ0v) is 16.4. The van der Waals surface area contributed by atoms with Gasteiger partial charge < -0.3 is 9.84 Å². The van der Waals surface area contributed by atoms with Crippen molar-refractivity contribution < 1.29 is 13.9 Å². The van der Waals surface area contributed by atoms with E-state index >= 15 is 0 Å². The molecule has 1 amide bonds. The van der Waals surface area contributed by atoms with Crippen LogP contribution < -0.4 is 9.88 Å². The van der Waals surface area contributed by atoms with E-state index in [4.69, 9.17) is 4.52 Å². The molecular weight excluding hydrogens is 354 g/mol. The summed E-state index contributed by atoms with van der Waals surface area (Å²) in [5.74, 6) is 0.608. The lowest BCUT2D eigenvalue weighted by Crippen LogP contribution is -2.37. The summed E-state index contributed by atoms with van der Waals surface area (Å²) in [6.07, 6.45) is 5.66. The van der Waals surface area contributed by atoms with Gasteiger partial charge in [0.05, 0.1) is 23.1 Å². The van der Waals surface area contributed by atoms with Crippen molar-refractivity contribution in [3.05, 3.63) is 71.1 Å². The Bertz CT molecular complexity index is 1170. The molecule has 0 aliphatic heterocycles. The van der Waals surface area contributed by atoms with Crippen LogP contribution in [0, 0.1) is 20.8 Å². The highest BCUT2D eigenvalue weighted by atomic mass is 16.5. The average molecular weight is 376 g/mol. The Labute approximate surface area is 162 Å². The van der Waals surface area contributed by atoms with E-state index in [-0.39, 0.29) is 5.91 Å². The second-order valence-electron chi connectivity index (χ2n) is 6.98. The fourth-order valence-electron chi connectivity index (χ4n) is 3.39. The third-order valence-electron chi connectivity index (χ3n) is 4.88. The molecule has 0 saturated heterocycles. The number of carbonyl (C=O) groups excluding carboxylic acids is 1. The minimum Gasteiger partial charge on any atom is -0.361 e. The third-order valence-corrected chi connectivity index (χ3v) is 4.88. The first-order valence-electron chi connectivity index (χ1n) is 9.08. The van der Waals surface area contributed by atoms with Gasteiger partial charge in [0.25, 0.3) is 5.91 Å². The standard InChI is InChI=1S/C21H21N5O2/c1-13-5-6-17(25(4)12-13)10-23-21(27)16-7-8-26-18(11-22-19(26)9-16)20-14(2)24-28-15(20)3/h5-9,11-12H,10H2,1-4H3/p+1. The van der Waals surface area contributed by atoms with Gasteiger partial charge in [-0.3, -0.25) is 9.20 Å². The summed E-state index contributed by atoms with van der Waals surface area (Å²) in [6.45, 7) is 6.28. The zero-order valence-electron chi connectivity index (χ0n) is 16.4. The molecule has 0 aromatic carbocycles. The van der Waals surface area contributed by atoms with E-state index in [9.17, 15) is 4.79 Å². The lowest BCUT2D eigenvalue weighted by Gasteiger charge is -2.06. The van der Waals surface area contributed by atoms with E-state index in [1.165, 1.54) is 5.56 Å². The van der Waals surface area contributed by atoms with E-state index in [2.05, 4.69) is 15.5 Å². The Balaban J connectivity index is 1.57. The molecule has 7 heteroatoms. The van der Waals surface area contributed by atoms with Crippen LogP contribution in [0.2, 0.25) is 0 Å². The normalized spacial score (nSPS) is 11.1. The number of hydrogen-bond donors (Lipinski definition) is 1. The molecule has 0 aliphatic carbocycles. The minimum absolute atomic E-state index is 0.134. The number of rotatable bonds is 4. The quantitative estimate of drug-likeness (QED) is 0.556. The van der Waals surface area contributed by atoms with Crippen molar-refractivity contribution in [2.24, 2.45) is 7.05 Å². The highest BCUT2D eigenvalue weighted by Crippen LogP contribution is 2.27. The molecule has 0 spiro atoms. The maximum Gasteiger partial charge on any atom is 0.251 e.